The highest BCUT2D eigenvalue weighted by Gasteiger charge is 2.16. The van der Waals surface area contributed by atoms with Crippen molar-refractivity contribution in [3.63, 3.8) is 0 Å². The van der Waals surface area contributed by atoms with Gasteiger partial charge in [0.25, 0.3) is 0 Å². The fourth-order valence-electron chi connectivity index (χ4n) is 1.67. The second kappa shape index (κ2) is 5.33. The Kier molecular flexibility index (Phi) is 3.79. The van der Waals surface area contributed by atoms with Crippen molar-refractivity contribution in [1.29, 1.82) is 0 Å². The summed E-state index contributed by atoms with van der Waals surface area (Å²) in [6.07, 6.45) is 1.63. The molecule has 2 rings (SSSR count). The van der Waals surface area contributed by atoms with E-state index in [1.807, 2.05) is 0 Å². The summed E-state index contributed by atoms with van der Waals surface area (Å²) in [5, 5.41) is 0.0397. The molecule has 0 bridgehead atoms. The molecule has 0 aliphatic carbocycles. The van der Waals surface area contributed by atoms with Crippen molar-refractivity contribution in [2.45, 2.75) is 6.04 Å². The highest BCUT2D eigenvalue weighted by molar-refractivity contribution is 6.30. The lowest BCUT2D eigenvalue weighted by Crippen LogP contribution is -2.14. The van der Waals surface area contributed by atoms with Gasteiger partial charge in [0.2, 0.25) is 0 Å². The molecule has 2 N–H and O–H groups in total. The second-order valence-electron chi connectivity index (χ2n) is 3.74. The van der Waals surface area contributed by atoms with Gasteiger partial charge in [-0.1, -0.05) is 17.7 Å². The van der Waals surface area contributed by atoms with Crippen LogP contribution in [0.2, 0.25) is 5.02 Å². The van der Waals surface area contributed by atoms with Crippen molar-refractivity contribution in [2.75, 3.05) is 7.11 Å². The van der Waals surface area contributed by atoms with Crippen LogP contribution >= 0.6 is 11.6 Å². The van der Waals surface area contributed by atoms with Gasteiger partial charge in [-0.25, -0.2) is 4.39 Å². The van der Waals surface area contributed by atoms with Gasteiger partial charge in [-0.05, 0) is 29.8 Å². The Morgan fingerprint density at radius 3 is 2.83 bits per heavy atom. The molecule has 0 aliphatic rings. The zero-order chi connectivity index (χ0) is 13.1. The Balaban J connectivity index is 2.41. The maximum atomic E-state index is 13.1. The van der Waals surface area contributed by atoms with Gasteiger partial charge in [-0.2, -0.15) is 0 Å². The summed E-state index contributed by atoms with van der Waals surface area (Å²) < 4.78 is 18.3. The summed E-state index contributed by atoms with van der Waals surface area (Å²) in [5.74, 6) is 0.117. The van der Waals surface area contributed by atoms with Crippen LogP contribution < -0.4 is 10.5 Å². The third-order valence-electron chi connectivity index (χ3n) is 2.62. The molecule has 0 amide bonds. The van der Waals surface area contributed by atoms with Crippen LogP contribution in [0.4, 0.5) is 4.39 Å². The number of nitrogens with zero attached hydrogens (tertiary/aromatic N) is 1. The molecule has 0 radical (unpaired) electrons. The highest BCUT2D eigenvalue weighted by Crippen LogP contribution is 2.28. The summed E-state index contributed by atoms with van der Waals surface area (Å²) in [4.78, 5) is 4.19. The quantitative estimate of drug-likeness (QED) is 0.929. The van der Waals surface area contributed by atoms with Crippen molar-refractivity contribution >= 4 is 11.6 Å². The van der Waals surface area contributed by atoms with Gasteiger partial charge in [-0.15, -0.1) is 0 Å². The maximum absolute atomic E-state index is 13.1. The highest BCUT2D eigenvalue weighted by atomic mass is 35.5. The molecule has 1 aromatic heterocycles. The fourth-order valence-corrected chi connectivity index (χ4v) is 1.86. The Morgan fingerprint density at radius 1 is 1.39 bits per heavy atom. The largest absolute Gasteiger partial charge is 0.495 e. The number of pyridine rings is 1. The number of nitrogens with two attached hydrogens (primary N) is 1. The lowest BCUT2D eigenvalue weighted by Gasteiger charge is -2.15. The summed E-state index contributed by atoms with van der Waals surface area (Å²) >= 11 is 5.74. The standard InChI is InChI=1S/C13H12ClFN2O/c1-18-11-3-2-6-17-13(11)12(16)8-4-5-10(15)9(14)7-8/h2-7,12H,16H2,1H3. The molecule has 18 heavy (non-hydrogen) atoms. The van der Waals surface area contributed by atoms with Crippen molar-refractivity contribution < 1.29 is 9.13 Å². The number of methoxy groups -OCH3 is 1. The first-order valence-corrected chi connectivity index (χ1v) is 5.70. The van der Waals surface area contributed by atoms with Gasteiger partial charge >= 0.3 is 0 Å². The molecule has 0 saturated heterocycles. The Morgan fingerprint density at radius 2 is 2.17 bits per heavy atom. The molecule has 1 aromatic carbocycles. The summed E-state index contributed by atoms with van der Waals surface area (Å²) in [5.41, 5.74) is 7.35. The third kappa shape index (κ3) is 2.44. The number of halogens is 2. The van der Waals surface area contributed by atoms with Crippen LogP contribution in [0.15, 0.2) is 36.5 Å². The van der Waals surface area contributed by atoms with E-state index in [-0.39, 0.29) is 5.02 Å². The molecular formula is C13H12ClFN2O. The lowest BCUT2D eigenvalue weighted by molar-refractivity contribution is 0.404. The number of hydrogen-bond acceptors (Lipinski definition) is 3. The van der Waals surface area contributed by atoms with Crippen LogP contribution in [0.1, 0.15) is 17.3 Å². The van der Waals surface area contributed by atoms with Gasteiger partial charge < -0.3 is 10.5 Å². The minimum atomic E-state index is -0.515. The first kappa shape index (κ1) is 12.8. The average molecular weight is 267 g/mol. The normalized spacial score (nSPS) is 12.2. The van der Waals surface area contributed by atoms with E-state index in [1.165, 1.54) is 12.1 Å². The van der Waals surface area contributed by atoms with Crippen molar-refractivity contribution in [2.24, 2.45) is 5.73 Å². The van der Waals surface area contributed by atoms with E-state index in [0.29, 0.717) is 17.0 Å². The monoisotopic (exact) mass is 266 g/mol. The van der Waals surface area contributed by atoms with Crippen molar-refractivity contribution in [1.82, 2.24) is 4.98 Å². The van der Waals surface area contributed by atoms with E-state index in [4.69, 9.17) is 22.1 Å². The molecule has 3 nitrogen and oxygen atoms in total. The van der Waals surface area contributed by atoms with Gasteiger partial charge in [0.05, 0.1) is 18.2 Å². The van der Waals surface area contributed by atoms with Crippen molar-refractivity contribution in [3.8, 4) is 5.75 Å². The zero-order valence-electron chi connectivity index (χ0n) is 9.73. The molecule has 5 heteroatoms. The number of aromatic nitrogens is 1. The van der Waals surface area contributed by atoms with Crippen LogP contribution in [-0.4, -0.2) is 12.1 Å². The van der Waals surface area contributed by atoms with Gasteiger partial charge in [0.1, 0.15) is 17.3 Å². The topological polar surface area (TPSA) is 48.1 Å². The van der Waals surface area contributed by atoms with Gasteiger partial charge in [0, 0.05) is 6.20 Å². The Bertz CT molecular complexity index is 562. The van der Waals surface area contributed by atoms with E-state index < -0.39 is 11.9 Å². The molecule has 0 saturated carbocycles. The smallest absolute Gasteiger partial charge is 0.142 e. The first-order chi connectivity index (χ1) is 8.63. The first-order valence-electron chi connectivity index (χ1n) is 5.33. The number of hydrogen-bond donors (Lipinski definition) is 1. The number of ether oxygens (including phenoxy) is 1. The molecule has 1 heterocycles. The third-order valence-corrected chi connectivity index (χ3v) is 2.91. The Labute approximate surface area is 109 Å². The average Bonchev–Trinajstić information content (AvgIpc) is 2.41. The van der Waals surface area contributed by atoms with Gasteiger partial charge in [-0.3, -0.25) is 4.98 Å². The molecule has 0 spiro atoms. The van der Waals surface area contributed by atoms with Crippen LogP contribution in [-0.2, 0) is 0 Å². The number of benzene rings is 1. The van der Waals surface area contributed by atoms with Gasteiger partial charge in [0.15, 0.2) is 0 Å². The molecule has 1 atom stereocenters. The van der Waals surface area contributed by atoms with E-state index in [9.17, 15) is 4.39 Å². The lowest BCUT2D eigenvalue weighted by atomic mass is 10.0. The minimum Gasteiger partial charge on any atom is -0.495 e. The summed E-state index contributed by atoms with van der Waals surface area (Å²) in [7, 11) is 1.55. The number of rotatable bonds is 3. The second-order valence-corrected chi connectivity index (χ2v) is 4.15. The SMILES string of the molecule is COc1cccnc1C(N)c1ccc(F)c(Cl)c1. The predicted octanol–water partition coefficient (Wildman–Crippen LogP) is 2.93. The van der Waals surface area contributed by atoms with E-state index in [1.54, 1.807) is 31.5 Å². The van der Waals surface area contributed by atoms with E-state index in [0.717, 1.165) is 0 Å². The zero-order valence-corrected chi connectivity index (χ0v) is 10.5. The molecule has 0 fully saturated rings. The summed E-state index contributed by atoms with van der Waals surface area (Å²) in [6, 6.07) is 7.38. The van der Waals surface area contributed by atoms with Crippen LogP contribution in [0.5, 0.6) is 5.75 Å². The molecule has 1 unspecified atom stereocenters. The predicted molar refractivity (Wildman–Crippen MR) is 68.2 cm³/mol. The molecule has 94 valence electrons. The van der Waals surface area contributed by atoms with E-state index >= 15 is 0 Å². The molecule has 0 aliphatic heterocycles. The minimum absolute atomic E-state index is 0.0397. The van der Waals surface area contributed by atoms with Crippen LogP contribution in [0.3, 0.4) is 0 Å². The van der Waals surface area contributed by atoms with Crippen LogP contribution in [0, 0.1) is 5.82 Å². The summed E-state index contributed by atoms with van der Waals surface area (Å²) in [6.45, 7) is 0. The molecular weight excluding hydrogens is 255 g/mol. The van der Waals surface area contributed by atoms with Crippen molar-refractivity contribution in [3.05, 3.63) is 58.6 Å². The van der Waals surface area contributed by atoms with E-state index in [2.05, 4.69) is 4.98 Å². The molecule has 2 aromatic rings. The Hall–Kier alpha value is -1.65. The maximum Gasteiger partial charge on any atom is 0.142 e. The van der Waals surface area contributed by atoms with Crippen LogP contribution in [0.25, 0.3) is 0 Å². The fraction of sp³-hybridized carbons (Fsp3) is 0.154.